The molecule has 3 N–H and O–H groups in total. The van der Waals surface area contributed by atoms with Gasteiger partial charge in [0.2, 0.25) is 5.91 Å². The van der Waals surface area contributed by atoms with E-state index < -0.39 is 0 Å². The zero-order valence-corrected chi connectivity index (χ0v) is 9.51. The van der Waals surface area contributed by atoms with Crippen LogP contribution in [0.25, 0.3) is 0 Å². The summed E-state index contributed by atoms with van der Waals surface area (Å²) in [5.41, 5.74) is 8.03. The van der Waals surface area contributed by atoms with Gasteiger partial charge in [-0.1, -0.05) is 0 Å². The second-order valence-corrected chi connectivity index (χ2v) is 4.88. The Morgan fingerprint density at radius 3 is 3.00 bits per heavy atom. The van der Waals surface area contributed by atoms with E-state index >= 15 is 0 Å². The van der Waals surface area contributed by atoms with Crippen molar-refractivity contribution in [1.29, 1.82) is 0 Å². The molecule has 0 radical (unpaired) electrons. The largest absolute Gasteiger partial charge is 0.368 e. The fourth-order valence-electron chi connectivity index (χ4n) is 1.52. The maximum absolute atomic E-state index is 11.3. The van der Waals surface area contributed by atoms with Crippen LogP contribution in [0, 0.1) is 12.8 Å². The monoisotopic (exact) mass is 225 g/mol. The molecule has 1 atom stereocenters. The Hall–Kier alpha value is -0.940. The van der Waals surface area contributed by atoms with E-state index in [4.69, 9.17) is 5.73 Å². The summed E-state index contributed by atoms with van der Waals surface area (Å²) < 4.78 is 0. The number of nitrogens with two attached hydrogens (primary N) is 1. The van der Waals surface area contributed by atoms with Gasteiger partial charge in [-0.2, -0.15) is 0 Å². The first-order valence-corrected chi connectivity index (χ1v) is 5.99. The molecule has 1 saturated carbocycles. The van der Waals surface area contributed by atoms with Gasteiger partial charge in [-0.25, -0.2) is 4.98 Å². The number of amides is 1. The average Bonchev–Trinajstić information content (AvgIpc) is 2.91. The first-order valence-electron chi connectivity index (χ1n) is 5.11. The van der Waals surface area contributed by atoms with Crippen LogP contribution in [-0.2, 0) is 4.79 Å². The number of nitrogens with zero attached hydrogens (tertiary/aromatic N) is 1. The van der Waals surface area contributed by atoms with E-state index in [1.807, 2.05) is 6.92 Å². The predicted molar refractivity (Wildman–Crippen MR) is 59.5 cm³/mol. The minimum absolute atomic E-state index is 0.317. The number of nitrogens with one attached hydrogen (secondary N) is 1. The van der Waals surface area contributed by atoms with Gasteiger partial charge in [-0.3, -0.25) is 4.79 Å². The third-order valence-corrected chi connectivity index (χ3v) is 3.63. The smallest absolute Gasteiger partial charge is 0.240 e. The Morgan fingerprint density at radius 2 is 2.53 bits per heavy atom. The molecule has 1 unspecified atom stereocenters. The topological polar surface area (TPSA) is 68.0 Å². The maximum Gasteiger partial charge on any atom is 0.240 e. The van der Waals surface area contributed by atoms with Gasteiger partial charge < -0.3 is 11.1 Å². The summed E-state index contributed by atoms with van der Waals surface area (Å²) in [6, 6.07) is -0.363. The van der Waals surface area contributed by atoms with Crippen LogP contribution >= 0.6 is 11.3 Å². The molecule has 1 aromatic heterocycles. The summed E-state index contributed by atoms with van der Waals surface area (Å²) in [6.07, 6.45) is 2.53. The van der Waals surface area contributed by atoms with Crippen LogP contribution in [0.1, 0.15) is 29.5 Å². The number of thiazole rings is 1. The van der Waals surface area contributed by atoms with Crippen LogP contribution < -0.4 is 11.1 Å². The van der Waals surface area contributed by atoms with Crippen molar-refractivity contribution in [2.45, 2.75) is 25.8 Å². The standard InChI is InChI=1S/C10H15N3OS/c1-6-9(15-5-13-6)8(10(11)14)12-4-7-2-3-7/h5,7-8,12H,2-4H2,1H3,(H2,11,14). The van der Waals surface area contributed by atoms with Crippen LogP contribution in [0.3, 0.4) is 0 Å². The molecule has 15 heavy (non-hydrogen) atoms. The number of primary amides is 1. The molecule has 1 amide bonds. The van der Waals surface area contributed by atoms with E-state index in [1.165, 1.54) is 24.2 Å². The van der Waals surface area contributed by atoms with Crippen LogP contribution in [0.5, 0.6) is 0 Å². The molecule has 0 aliphatic heterocycles. The van der Waals surface area contributed by atoms with E-state index in [9.17, 15) is 4.79 Å². The number of aryl methyl sites for hydroxylation is 1. The lowest BCUT2D eigenvalue weighted by molar-refractivity contribution is -0.120. The molecule has 4 nitrogen and oxygen atoms in total. The molecular weight excluding hydrogens is 210 g/mol. The van der Waals surface area contributed by atoms with Gasteiger partial charge in [0.15, 0.2) is 0 Å². The summed E-state index contributed by atoms with van der Waals surface area (Å²) in [7, 11) is 0. The molecule has 1 fully saturated rings. The molecule has 1 aliphatic carbocycles. The number of aromatic nitrogens is 1. The van der Waals surface area contributed by atoms with E-state index in [0.717, 1.165) is 23.0 Å². The fraction of sp³-hybridized carbons (Fsp3) is 0.600. The Bertz CT molecular complexity index is 359. The highest BCUT2D eigenvalue weighted by Crippen LogP contribution is 2.29. The van der Waals surface area contributed by atoms with Gasteiger partial charge >= 0.3 is 0 Å². The second kappa shape index (κ2) is 4.28. The average molecular weight is 225 g/mol. The highest BCUT2D eigenvalue weighted by atomic mass is 32.1. The van der Waals surface area contributed by atoms with Crippen molar-refractivity contribution in [1.82, 2.24) is 10.3 Å². The SMILES string of the molecule is Cc1ncsc1C(NCC1CC1)C(N)=O. The molecule has 1 aliphatic rings. The first kappa shape index (κ1) is 10.6. The van der Waals surface area contributed by atoms with Gasteiger partial charge in [-0.15, -0.1) is 11.3 Å². The van der Waals surface area contributed by atoms with Crippen LogP contribution in [0.2, 0.25) is 0 Å². The molecule has 1 aromatic rings. The molecule has 0 saturated heterocycles. The minimum Gasteiger partial charge on any atom is -0.368 e. The van der Waals surface area contributed by atoms with Gasteiger partial charge in [0.25, 0.3) is 0 Å². The van der Waals surface area contributed by atoms with Gasteiger partial charge in [0.1, 0.15) is 6.04 Å². The zero-order valence-electron chi connectivity index (χ0n) is 8.69. The molecule has 5 heteroatoms. The van der Waals surface area contributed by atoms with Crippen molar-refractivity contribution in [3.8, 4) is 0 Å². The molecular formula is C10H15N3OS. The second-order valence-electron chi connectivity index (χ2n) is 3.99. The van der Waals surface area contributed by atoms with Crippen molar-refractivity contribution in [3.63, 3.8) is 0 Å². The summed E-state index contributed by atoms with van der Waals surface area (Å²) >= 11 is 1.48. The van der Waals surface area contributed by atoms with E-state index in [2.05, 4.69) is 10.3 Å². The third kappa shape index (κ3) is 2.54. The lowest BCUT2D eigenvalue weighted by Crippen LogP contribution is -2.34. The number of carbonyl (C=O) groups excluding carboxylic acids is 1. The van der Waals surface area contributed by atoms with Crippen molar-refractivity contribution >= 4 is 17.2 Å². The normalized spacial score (nSPS) is 17.7. The van der Waals surface area contributed by atoms with E-state index in [0.29, 0.717) is 0 Å². The lowest BCUT2D eigenvalue weighted by Gasteiger charge is -2.13. The van der Waals surface area contributed by atoms with Crippen molar-refractivity contribution in [3.05, 3.63) is 16.1 Å². The van der Waals surface area contributed by atoms with Crippen molar-refractivity contribution in [2.75, 3.05) is 6.54 Å². The molecule has 1 heterocycles. The van der Waals surface area contributed by atoms with Crippen LogP contribution in [0.15, 0.2) is 5.51 Å². The van der Waals surface area contributed by atoms with Crippen LogP contribution in [-0.4, -0.2) is 17.4 Å². The van der Waals surface area contributed by atoms with Gasteiger partial charge in [-0.05, 0) is 32.2 Å². The summed E-state index contributed by atoms with van der Waals surface area (Å²) in [5.74, 6) is 0.420. The van der Waals surface area contributed by atoms with E-state index in [-0.39, 0.29) is 11.9 Å². The summed E-state index contributed by atoms with van der Waals surface area (Å²) in [4.78, 5) is 16.4. The van der Waals surface area contributed by atoms with Crippen molar-refractivity contribution in [2.24, 2.45) is 11.7 Å². The lowest BCUT2D eigenvalue weighted by atomic mass is 10.2. The molecule has 2 rings (SSSR count). The Morgan fingerprint density at radius 1 is 1.80 bits per heavy atom. The van der Waals surface area contributed by atoms with E-state index in [1.54, 1.807) is 5.51 Å². The maximum atomic E-state index is 11.3. The highest BCUT2D eigenvalue weighted by Gasteiger charge is 2.26. The minimum atomic E-state index is -0.363. The van der Waals surface area contributed by atoms with Crippen molar-refractivity contribution < 1.29 is 4.79 Å². The Balaban J connectivity index is 2.04. The summed E-state index contributed by atoms with van der Waals surface area (Å²) in [5, 5.41) is 3.22. The predicted octanol–water partition coefficient (Wildman–Crippen LogP) is 0.978. The van der Waals surface area contributed by atoms with Gasteiger partial charge in [0.05, 0.1) is 16.1 Å². The third-order valence-electron chi connectivity index (χ3n) is 2.64. The fourth-order valence-corrected chi connectivity index (χ4v) is 2.40. The number of carbonyl (C=O) groups is 1. The number of hydrogen-bond acceptors (Lipinski definition) is 4. The summed E-state index contributed by atoms with van der Waals surface area (Å²) in [6.45, 7) is 2.78. The Labute approximate surface area is 92.9 Å². The first-order chi connectivity index (χ1) is 7.18. The van der Waals surface area contributed by atoms with Gasteiger partial charge in [0, 0.05) is 0 Å². The highest BCUT2D eigenvalue weighted by molar-refractivity contribution is 7.10. The molecule has 0 aromatic carbocycles. The zero-order chi connectivity index (χ0) is 10.8. The molecule has 0 bridgehead atoms. The Kier molecular flexibility index (Phi) is 3.02. The van der Waals surface area contributed by atoms with Crippen LogP contribution in [0.4, 0.5) is 0 Å². The molecule has 0 spiro atoms. The quantitative estimate of drug-likeness (QED) is 0.785. The number of rotatable bonds is 5. The molecule has 82 valence electrons. The number of hydrogen-bond donors (Lipinski definition) is 2.